The molecule has 0 radical (unpaired) electrons. The summed E-state index contributed by atoms with van der Waals surface area (Å²) in [5.74, 6) is 0. The van der Waals surface area contributed by atoms with Gasteiger partial charge in [0.15, 0.2) is 0 Å². The van der Waals surface area contributed by atoms with Gasteiger partial charge >= 0.3 is 0 Å². The molecule has 0 bridgehead atoms. The maximum atomic E-state index is 2.47. The fourth-order valence-electron chi connectivity index (χ4n) is 9.85. The van der Waals surface area contributed by atoms with Gasteiger partial charge in [0, 0.05) is 74.2 Å². The lowest BCUT2D eigenvalue weighted by Gasteiger charge is -2.26. The van der Waals surface area contributed by atoms with Crippen molar-refractivity contribution in [3.8, 4) is 17.1 Å². The number of fused-ring (bicyclic) bond motifs is 9. The van der Waals surface area contributed by atoms with Crippen LogP contribution in [0.3, 0.4) is 0 Å². The van der Waals surface area contributed by atoms with Gasteiger partial charge in [-0.3, -0.25) is 0 Å². The quantitative estimate of drug-likeness (QED) is 0.157. The van der Waals surface area contributed by atoms with Gasteiger partial charge in [-0.05, 0) is 109 Å². The summed E-state index contributed by atoms with van der Waals surface area (Å²) in [6, 6.07) is 62.2. The molecule has 0 N–H and O–H groups in total. The zero-order chi connectivity index (χ0) is 40.3. The summed E-state index contributed by atoms with van der Waals surface area (Å²) < 4.78 is 7.24. The minimum atomic E-state index is 0.709. The highest BCUT2D eigenvalue weighted by Gasteiger charge is 2.22. The largest absolute Gasteiger partial charge is 0.337 e. The standard InChI is InChI=1S/C57H42N4/c1-3-15-46-47-16-4-2-6-22-53(47)59(52(46)21-5-1)43-29-27-40(28-30-43)39-58(41-31-35-44(36-32-41)60-54-23-11-7-17-48(54)49-18-8-12-24-55(49)60)42-33-37-45(38-34-42)61-56-25-13-9-19-50(56)51-20-10-14-26-57(51)61/h1-15,17-20,22-38H,16,21,39H2. The topological polar surface area (TPSA) is 18.0 Å². The van der Waals surface area contributed by atoms with Crippen molar-refractivity contribution in [1.29, 1.82) is 0 Å². The van der Waals surface area contributed by atoms with Crippen molar-refractivity contribution in [3.05, 3.63) is 234 Å². The van der Waals surface area contributed by atoms with Crippen molar-refractivity contribution in [2.24, 2.45) is 0 Å². The molecular formula is C57H42N4. The Hall–Kier alpha value is -7.82. The zero-order valence-corrected chi connectivity index (χ0v) is 33.7. The summed E-state index contributed by atoms with van der Waals surface area (Å²) >= 11 is 0. The Balaban J connectivity index is 0.943. The lowest BCUT2D eigenvalue weighted by Crippen LogP contribution is -2.16. The molecule has 2 aliphatic rings. The number of para-hydroxylation sites is 4. The summed E-state index contributed by atoms with van der Waals surface area (Å²) in [6.45, 7) is 0.709. The highest BCUT2D eigenvalue weighted by molar-refractivity contribution is 6.10. The van der Waals surface area contributed by atoms with E-state index in [1.165, 1.54) is 77.4 Å². The first-order valence-corrected chi connectivity index (χ1v) is 21.3. The molecule has 290 valence electrons. The average molecular weight is 783 g/mol. The minimum Gasteiger partial charge on any atom is -0.337 e. The van der Waals surface area contributed by atoms with E-state index in [4.69, 9.17) is 0 Å². The van der Waals surface area contributed by atoms with Crippen molar-refractivity contribution < 1.29 is 0 Å². The molecule has 2 aliphatic carbocycles. The van der Waals surface area contributed by atoms with Gasteiger partial charge in [-0.1, -0.05) is 127 Å². The molecule has 12 rings (SSSR count). The summed E-state index contributed by atoms with van der Waals surface area (Å²) in [7, 11) is 0. The Morgan fingerprint density at radius 1 is 0.393 bits per heavy atom. The van der Waals surface area contributed by atoms with Gasteiger partial charge < -0.3 is 18.6 Å². The maximum Gasteiger partial charge on any atom is 0.0541 e. The van der Waals surface area contributed by atoms with E-state index < -0.39 is 0 Å². The number of hydrogen-bond donors (Lipinski definition) is 0. The van der Waals surface area contributed by atoms with E-state index in [9.17, 15) is 0 Å². The maximum absolute atomic E-state index is 2.47. The number of benzene rings is 7. The fourth-order valence-corrected chi connectivity index (χ4v) is 9.85. The van der Waals surface area contributed by atoms with Gasteiger partial charge in [0.2, 0.25) is 0 Å². The molecule has 0 unspecified atom stereocenters. The summed E-state index contributed by atoms with van der Waals surface area (Å²) in [4.78, 5) is 2.44. The van der Waals surface area contributed by atoms with Crippen LogP contribution in [0.5, 0.6) is 0 Å². The van der Waals surface area contributed by atoms with E-state index in [2.05, 4.69) is 237 Å². The number of anilines is 2. The van der Waals surface area contributed by atoms with E-state index in [0.717, 1.165) is 35.6 Å². The van der Waals surface area contributed by atoms with Crippen LogP contribution >= 0.6 is 0 Å². The van der Waals surface area contributed by atoms with Crippen molar-refractivity contribution in [2.75, 3.05) is 4.90 Å². The predicted octanol–water partition coefficient (Wildman–Crippen LogP) is 14.3. The van der Waals surface area contributed by atoms with Crippen LogP contribution in [-0.4, -0.2) is 13.7 Å². The summed E-state index contributed by atoms with van der Waals surface area (Å²) in [5.41, 5.74) is 17.2. The number of aromatic nitrogens is 3. The first-order valence-electron chi connectivity index (χ1n) is 21.3. The minimum absolute atomic E-state index is 0.709. The third-order valence-electron chi connectivity index (χ3n) is 12.6. The Morgan fingerprint density at radius 3 is 1.33 bits per heavy atom. The van der Waals surface area contributed by atoms with Gasteiger partial charge in [0.25, 0.3) is 0 Å². The summed E-state index contributed by atoms with van der Waals surface area (Å²) in [6.07, 6.45) is 19.6. The average Bonchev–Trinajstić information content (AvgIpc) is 3.74. The first-order chi connectivity index (χ1) is 30.3. The number of nitrogens with zero attached hydrogens (tertiary/aromatic N) is 4. The van der Waals surface area contributed by atoms with Gasteiger partial charge in [-0.25, -0.2) is 0 Å². The van der Waals surface area contributed by atoms with Crippen LogP contribution in [0.4, 0.5) is 11.4 Å². The SMILES string of the molecule is C1=CCc2c3c(n(-c4ccc(CN(c5ccc(-n6c7ccccc7c7ccccc76)cc5)c5ccc(-n6c7ccccc7c7ccccc76)cc5)cc4)c2C=C1)CC=CC=C3. The van der Waals surface area contributed by atoms with Crippen LogP contribution in [0.2, 0.25) is 0 Å². The fraction of sp³-hybridized carbons (Fsp3) is 0.0526. The van der Waals surface area contributed by atoms with Crippen molar-refractivity contribution in [1.82, 2.24) is 13.7 Å². The van der Waals surface area contributed by atoms with Crippen LogP contribution < -0.4 is 4.90 Å². The molecule has 0 saturated heterocycles. The molecule has 0 aliphatic heterocycles. The van der Waals surface area contributed by atoms with Gasteiger partial charge in [0.1, 0.15) is 0 Å². The van der Waals surface area contributed by atoms with Crippen molar-refractivity contribution in [2.45, 2.75) is 19.4 Å². The van der Waals surface area contributed by atoms with E-state index in [-0.39, 0.29) is 0 Å². The number of allylic oxidation sites excluding steroid dienone is 6. The molecule has 3 heterocycles. The van der Waals surface area contributed by atoms with Gasteiger partial charge in [-0.2, -0.15) is 0 Å². The van der Waals surface area contributed by atoms with Crippen molar-refractivity contribution >= 4 is 67.1 Å². The lowest BCUT2D eigenvalue weighted by atomic mass is 10.0. The number of rotatable bonds is 7. The molecule has 0 atom stereocenters. The Kier molecular flexibility index (Phi) is 8.34. The van der Waals surface area contributed by atoms with Crippen molar-refractivity contribution in [3.63, 3.8) is 0 Å². The number of hydrogen-bond acceptors (Lipinski definition) is 1. The van der Waals surface area contributed by atoms with Crippen LogP contribution in [0.25, 0.3) is 72.8 Å². The second kappa shape index (κ2) is 14.5. The Morgan fingerprint density at radius 2 is 0.820 bits per heavy atom. The van der Waals surface area contributed by atoms with E-state index in [0.29, 0.717) is 6.54 Å². The molecule has 10 aromatic rings. The molecule has 0 spiro atoms. The Bertz CT molecular complexity index is 3150. The molecule has 0 fully saturated rings. The van der Waals surface area contributed by atoms with Crippen LogP contribution in [0, 0.1) is 0 Å². The lowest BCUT2D eigenvalue weighted by molar-refractivity contribution is 0.946. The van der Waals surface area contributed by atoms with Crippen LogP contribution in [0.1, 0.15) is 28.1 Å². The van der Waals surface area contributed by atoms with E-state index >= 15 is 0 Å². The molecule has 61 heavy (non-hydrogen) atoms. The Labute approximate surface area is 355 Å². The summed E-state index contributed by atoms with van der Waals surface area (Å²) in [5, 5.41) is 5.07. The molecule has 0 amide bonds. The van der Waals surface area contributed by atoms with Crippen LogP contribution in [-0.2, 0) is 19.4 Å². The predicted molar refractivity (Wildman–Crippen MR) is 257 cm³/mol. The molecular weight excluding hydrogens is 741 g/mol. The molecule has 4 nitrogen and oxygen atoms in total. The van der Waals surface area contributed by atoms with E-state index in [1.54, 1.807) is 0 Å². The third kappa shape index (κ3) is 5.83. The van der Waals surface area contributed by atoms with E-state index in [1.807, 2.05) is 0 Å². The zero-order valence-electron chi connectivity index (χ0n) is 33.7. The highest BCUT2D eigenvalue weighted by atomic mass is 15.1. The third-order valence-corrected chi connectivity index (χ3v) is 12.6. The first kappa shape index (κ1) is 35.2. The smallest absolute Gasteiger partial charge is 0.0541 e. The molecule has 4 heteroatoms. The monoisotopic (exact) mass is 782 g/mol. The normalized spacial score (nSPS) is 13.2. The second-order valence-corrected chi connectivity index (χ2v) is 16.1. The van der Waals surface area contributed by atoms with Gasteiger partial charge in [0.05, 0.1) is 27.8 Å². The second-order valence-electron chi connectivity index (χ2n) is 16.1. The molecule has 7 aromatic carbocycles. The van der Waals surface area contributed by atoms with Gasteiger partial charge in [-0.15, -0.1) is 0 Å². The molecule has 3 aromatic heterocycles. The van der Waals surface area contributed by atoms with Crippen LogP contribution in [0.15, 0.2) is 206 Å². The molecule has 0 saturated carbocycles. The highest BCUT2D eigenvalue weighted by Crippen LogP contribution is 2.37.